The molecule has 5 N–H and O–H groups in total. The summed E-state index contributed by atoms with van der Waals surface area (Å²) in [4.78, 5) is 0. The smallest absolute Gasteiger partial charge is 0.175 e. The molecule has 6 nitrogen and oxygen atoms in total. The van der Waals surface area contributed by atoms with Crippen LogP contribution in [0.2, 0.25) is 0 Å². The van der Waals surface area contributed by atoms with Crippen molar-refractivity contribution in [2.75, 3.05) is 13.2 Å². The summed E-state index contributed by atoms with van der Waals surface area (Å²) >= 11 is 0. The fourth-order valence-electron chi connectivity index (χ4n) is 1.42. The molecule has 0 aromatic rings. The number of rotatable bonds is 3. The molecule has 0 aliphatic carbocycles. The summed E-state index contributed by atoms with van der Waals surface area (Å²) in [5.41, 5.74) is 5.57. The number of ether oxygens (including phenoxy) is 2. The van der Waals surface area contributed by atoms with Gasteiger partial charge in [-0.3, -0.25) is 0 Å². The molecule has 15 heavy (non-hydrogen) atoms. The average molecular weight is 244 g/mol. The molecule has 1 aliphatic heterocycles. The fraction of sp³-hybridized carbons (Fsp3) is 1.00. The number of aliphatic hydroxyl groups is 3. The molecular weight excluding hydrogens is 226 g/mol. The molecular formula is C8H18ClNO5. The van der Waals surface area contributed by atoms with Crippen LogP contribution in [0.4, 0.5) is 0 Å². The first-order chi connectivity index (χ1) is 6.61. The Hall–Kier alpha value is 0.0500. The number of aliphatic hydroxyl groups excluding tert-OH is 3. The second kappa shape index (κ2) is 6.59. The third-order valence-corrected chi connectivity index (χ3v) is 2.26. The van der Waals surface area contributed by atoms with Gasteiger partial charge in [-0.05, 0) is 6.92 Å². The van der Waals surface area contributed by atoms with Crippen molar-refractivity contribution < 1.29 is 24.8 Å². The van der Waals surface area contributed by atoms with Gasteiger partial charge in [-0.1, -0.05) is 0 Å². The highest BCUT2D eigenvalue weighted by Gasteiger charge is 2.42. The van der Waals surface area contributed by atoms with Crippen molar-refractivity contribution in [1.82, 2.24) is 0 Å². The Balaban J connectivity index is 0.00000196. The largest absolute Gasteiger partial charge is 0.394 e. The third-order valence-electron chi connectivity index (χ3n) is 2.26. The van der Waals surface area contributed by atoms with Crippen LogP contribution in [0.1, 0.15) is 6.92 Å². The van der Waals surface area contributed by atoms with Gasteiger partial charge in [-0.15, -0.1) is 12.4 Å². The van der Waals surface area contributed by atoms with E-state index in [1.807, 2.05) is 0 Å². The van der Waals surface area contributed by atoms with Gasteiger partial charge < -0.3 is 30.5 Å². The summed E-state index contributed by atoms with van der Waals surface area (Å²) in [6.45, 7) is 1.77. The highest BCUT2D eigenvalue weighted by molar-refractivity contribution is 5.85. The van der Waals surface area contributed by atoms with Gasteiger partial charge in [0.1, 0.15) is 18.3 Å². The summed E-state index contributed by atoms with van der Waals surface area (Å²) in [6.07, 6.45) is -3.94. The summed E-state index contributed by atoms with van der Waals surface area (Å²) in [6, 6.07) is -0.798. The molecule has 0 aromatic carbocycles. The van der Waals surface area contributed by atoms with Crippen molar-refractivity contribution in [2.24, 2.45) is 5.73 Å². The van der Waals surface area contributed by atoms with Crippen LogP contribution in [0.3, 0.4) is 0 Å². The molecule has 0 unspecified atom stereocenters. The standard InChI is InChI=1S/C8H17NO5.ClH/c1-2-13-8-5(9)7(12)6(11)4(3-10)14-8;/h4-8,10-12H,2-3,9H2,1H3;1H/t4-,5-,6-,7-,8-;/m1./s1. The first-order valence-corrected chi connectivity index (χ1v) is 4.61. The van der Waals surface area contributed by atoms with Gasteiger partial charge in [0.25, 0.3) is 0 Å². The summed E-state index contributed by atoms with van der Waals surface area (Å²) in [5, 5.41) is 27.8. The molecule has 1 rings (SSSR count). The van der Waals surface area contributed by atoms with Crippen LogP contribution in [-0.4, -0.2) is 59.2 Å². The Kier molecular flexibility index (Phi) is 6.62. The van der Waals surface area contributed by atoms with Crippen molar-refractivity contribution in [3.63, 3.8) is 0 Å². The van der Waals surface area contributed by atoms with Gasteiger partial charge in [-0.25, -0.2) is 0 Å². The maximum atomic E-state index is 9.50. The molecule has 0 spiro atoms. The van der Waals surface area contributed by atoms with Crippen LogP contribution < -0.4 is 5.73 Å². The Morgan fingerprint density at radius 1 is 1.33 bits per heavy atom. The Bertz CT molecular complexity index is 180. The monoisotopic (exact) mass is 243 g/mol. The highest BCUT2D eigenvalue weighted by atomic mass is 35.5. The topological polar surface area (TPSA) is 105 Å². The molecule has 1 aliphatic rings. The van der Waals surface area contributed by atoms with Gasteiger partial charge in [-0.2, -0.15) is 0 Å². The SMILES string of the molecule is CCO[C@@H]1O[C@H](CO)[C@@H](O)[C@H](O)[C@H]1N.Cl. The van der Waals surface area contributed by atoms with E-state index in [9.17, 15) is 10.2 Å². The summed E-state index contributed by atoms with van der Waals surface area (Å²) in [7, 11) is 0. The van der Waals surface area contributed by atoms with E-state index in [1.165, 1.54) is 0 Å². The zero-order valence-corrected chi connectivity index (χ0v) is 9.26. The number of hydrogen-bond donors (Lipinski definition) is 4. The predicted molar refractivity (Wildman–Crippen MR) is 54.6 cm³/mol. The highest BCUT2D eigenvalue weighted by Crippen LogP contribution is 2.20. The lowest BCUT2D eigenvalue weighted by Gasteiger charge is -2.40. The lowest BCUT2D eigenvalue weighted by molar-refractivity contribution is -0.264. The predicted octanol–water partition coefficient (Wildman–Crippen LogP) is -1.79. The van der Waals surface area contributed by atoms with Crippen LogP contribution in [0, 0.1) is 0 Å². The van der Waals surface area contributed by atoms with Crippen molar-refractivity contribution >= 4 is 12.4 Å². The molecule has 0 radical (unpaired) electrons. The van der Waals surface area contributed by atoms with Gasteiger partial charge in [0.05, 0.1) is 12.6 Å². The lowest BCUT2D eigenvalue weighted by atomic mass is 9.98. The molecule has 1 heterocycles. The number of nitrogens with two attached hydrogens (primary N) is 1. The first-order valence-electron chi connectivity index (χ1n) is 4.61. The fourth-order valence-corrected chi connectivity index (χ4v) is 1.42. The van der Waals surface area contributed by atoms with E-state index in [-0.39, 0.29) is 19.0 Å². The summed E-state index contributed by atoms with van der Waals surface area (Å²) in [5.74, 6) is 0. The minimum atomic E-state index is -1.17. The molecule has 1 fully saturated rings. The Morgan fingerprint density at radius 3 is 2.40 bits per heavy atom. The van der Waals surface area contributed by atoms with Crippen LogP contribution >= 0.6 is 12.4 Å². The van der Waals surface area contributed by atoms with E-state index in [1.54, 1.807) is 6.92 Å². The molecule has 7 heteroatoms. The van der Waals surface area contributed by atoms with Gasteiger partial charge in [0, 0.05) is 6.61 Å². The van der Waals surface area contributed by atoms with E-state index in [0.717, 1.165) is 0 Å². The molecule has 1 saturated heterocycles. The second-order valence-corrected chi connectivity index (χ2v) is 3.24. The zero-order chi connectivity index (χ0) is 10.7. The van der Waals surface area contributed by atoms with E-state index in [0.29, 0.717) is 6.61 Å². The quantitative estimate of drug-likeness (QED) is 0.467. The van der Waals surface area contributed by atoms with Crippen molar-refractivity contribution in [1.29, 1.82) is 0 Å². The average Bonchev–Trinajstić information content (AvgIpc) is 2.19. The minimum Gasteiger partial charge on any atom is -0.394 e. The molecule has 0 amide bonds. The number of halogens is 1. The van der Waals surface area contributed by atoms with Gasteiger partial charge in [0.15, 0.2) is 6.29 Å². The maximum Gasteiger partial charge on any atom is 0.175 e. The third kappa shape index (κ3) is 3.25. The molecule has 92 valence electrons. The van der Waals surface area contributed by atoms with E-state index in [4.69, 9.17) is 20.3 Å². The van der Waals surface area contributed by atoms with Gasteiger partial charge >= 0.3 is 0 Å². The van der Waals surface area contributed by atoms with Crippen LogP contribution in [0.25, 0.3) is 0 Å². The molecule has 0 bridgehead atoms. The second-order valence-electron chi connectivity index (χ2n) is 3.24. The van der Waals surface area contributed by atoms with E-state index in [2.05, 4.69) is 0 Å². The molecule has 5 atom stereocenters. The normalized spacial score (nSPS) is 41.0. The van der Waals surface area contributed by atoms with Crippen molar-refractivity contribution in [2.45, 2.75) is 37.6 Å². The zero-order valence-electron chi connectivity index (χ0n) is 8.44. The van der Waals surface area contributed by atoms with Crippen molar-refractivity contribution in [3.05, 3.63) is 0 Å². The van der Waals surface area contributed by atoms with Crippen LogP contribution in [0.5, 0.6) is 0 Å². The first kappa shape index (κ1) is 15.0. The Morgan fingerprint density at radius 2 is 1.93 bits per heavy atom. The van der Waals surface area contributed by atoms with Crippen LogP contribution in [0.15, 0.2) is 0 Å². The molecule has 0 saturated carbocycles. The van der Waals surface area contributed by atoms with Crippen LogP contribution in [-0.2, 0) is 9.47 Å². The van der Waals surface area contributed by atoms with E-state index >= 15 is 0 Å². The Labute approximate surface area is 94.4 Å². The van der Waals surface area contributed by atoms with Gasteiger partial charge in [0.2, 0.25) is 0 Å². The van der Waals surface area contributed by atoms with E-state index < -0.39 is 30.6 Å². The van der Waals surface area contributed by atoms with Crippen molar-refractivity contribution in [3.8, 4) is 0 Å². The number of hydrogen-bond acceptors (Lipinski definition) is 6. The molecule has 0 aromatic heterocycles. The summed E-state index contributed by atoms with van der Waals surface area (Å²) < 4.78 is 10.3. The minimum absolute atomic E-state index is 0. The lowest BCUT2D eigenvalue weighted by Crippen LogP contribution is -2.62. The maximum absolute atomic E-state index is 9.50.